The first-order chi connectivity index (χ1) is 6.04. The molecule has 2 fully saturated rings. The van der Waals surface area contributed by atoms with E-state index < -0.39 is 11.6 Å². The lowest BCUT2D eigenvalue weighted by Crippen LogP contribution is -2.36. The third-order valence-corrected chi connectivity index (χ3v) is 3.18. The van der Waals surface area contributed by atoms with Crippen LogP contribution >= 0.6 is 0 Å². The average molecular weight is 193 g/mol. The molecular weight excluding hydrogens is 179 g/mol. The molecule has 4 heteroatoms. The van der Waals surface area contributed by atoms with Crippen LogP contribution in [0.5, 0.6) is 0 Å². The molecular formula is C9H14F3N. The fourth-order valence-corrected chi connectivity index (χ4v) is 2.05. The summed E-state index contributed by atoms with van der Waals surface area (Å²) in [5, 5.41) is 0. The molecule has 0 spiro atoms. The maximum atomic E-state index is 12.5. The Bertz CT molecular complexity index is 190. The largest absolute Gasteiger partial charge is 0.395 e. The number of rotatable bonds is 2. The molecule has 1 saturated carbocycles. The van der Waals surface area contributed by atoms with Crippen molar-refractivity contribution in [1.29, 1.82) is 0 Å². The van der Waals surface area contributed by atoms with Gasteiger partial charge in [-0.3, -0.25) is 0 Å². The van der Waals surface area contributed by atoms with Gasteiger partial charge in [-0.25, -0.2) is 0 Å². The normalized spacial score (nSPS) is 27.9. The molecule has 1 aliphatic heterocycles. The van der Waals surface area contributed by atoms with Crippen molar-refractivity contribution < 1.29 is 13.2 Å². The van der Waals surface area contributed by atoms with Crippen molar-refractivity contribution in [2.24, 2.45) is 5.41 Å². The smallest absolute Gasteiger partial charge is 0.302 e. The Labute approximate surface area is 75.9 Å². The summed E-state index contributed by atoms with van der Waals surface area (Å²) >= 11 is 0. The minimum atomic E-state index is -3.98. The first-order valence-electron chi connectivity index (χ1n) is 4.83. The van der Waals surface area contributed by atoms with Gasteiger partial charge in [-0.1, -0.05) is 0 Å². The highest BCUT2D eigenvalue weighted by atomic mass is 19.4. The van der Waals surface area contributed by atoms with Gasteiger partial charge >= 0.3 is 6.18 Å². The van der Waals surface area contributed by atoms with E-state index in [2.05, 4.69) is 0 Å². The number of hydrogen-bond donors (Lipinski definition) is 0. The quantitative estimate of drug-likeness (QED) is 0.651. The monoisotopic (exact) mass is 193 g/mol. The van der Waals surface area contributed by atoms with E-state index in [0.29, 0.717) is 12.8 Å². The summed E-state index contributed by atoms with van der Waals surface area (Å²) in [7, 11) is 0. The molecule has 0 amide bonds. The lowest BCUT2D eigenvalue weighted by molar-refractivity contribution is -0.191. The highest BCUT2D eigenvalue weighted by Crippen LogP contribution is 2.58. The third kappa shape index (κ3) is 1.68. The zero-order valence-corrected chi connectivity index (χ0v) is 7.53. The summed E-state index contributed by atoms with van der Waals surface area (Å²) in [5.74, 6) is 0. The second-order valence-electron chi connectivity index (χ2n) is 4.26. The van der Waals surface area contributed by atoms with Gasteiger partial charge in [0, 0.05) is 6.54 Å². The Kier molecular flexibility index (Phi) is 2.06. The lowest BCUT2D eigenvalue weighted by atomic mass is 10.1. The fraction of sp³-hybridized carbons (Fsp3) is 1.00. The van der Waals surface area contributed by atoms with Gasteiger partial charge in [-0.15, -0.1) is 0 Å². The number of hydrogen-bond acceptors (Lipinski definition) is 1. The van der Waals surface area contributed by atoms with Gasteiger partial charge < -0.3 is 4.90 Å². The summed E-state index contributed by atoms with van der Waals surface area (Å²) in [5.41, 5.74) is -1.32. The van der Waals surface area contributed by atoms with E-state index in [1.807, 2.05) is 4.90 Å². The van der Waals surface area contributed by atoms with Gasteiger partial charge in [0.1, 0.15) is 0 Å². The summed E-state index contributed by atoms with van der Waals surface area (Å²) in [6, 6.07) is 0. The number of nitrogens with zero attached hydrogens (tertiary/aromatic N) is 1. The topological polar surface area (TPSA) is 3.24 Å². The van der Waals surface area contributed by atoms with Crippen molar-refractivity contribution in [1.82, 2.24) is 4.90 Å². The fourth-order valence-electron chi connectivity index (χ4n) is 2.05. The molecule has 1 heterocycles. The summed E-state index contributed by atoms with van der Waals surface area (Å²) in [6.45, 7) is 1.96. The Morgan fingerprint density at radius 1 is 1.08 bits per heavy atom. The first-order valence-corrected chi connectivity index (χ1v) is 4.83. The maximum Gasteiger partial charge on any atom is 0.395 e. The van der Waals surface area contributed by atoms with E-state index in [4.69, 9.17) is 0 Å². The van der Waals surface area contributed by atoms with Crippen molar-refractivity contribution in [2.75, 3.05) is 19.6 Å². The van der Waals surface area contributed by atoms with E-state index in [-0.39, 0.29) is 6.54 Å². The van der Waals surface area contributed by atoms with E-state index in [9.17, 15) is 13.2 Å². The standard InChI is InChI=1S/C9H14F3N/c10-9(11,12)8(3-4-8)7-13-5-1-2-6-13/h1-7H2. The summed E-state index contributed by atoms with van der Waals surface area (Å²) in [6.07, 6.45) is -1.17. The van der Waals surface area contributed by atoms with Crippen molar-refractivity contribution in [3.05, 3.63) is 0 Å². The highest BCUT2D eigenvalue weighted by Gasteiger charge is 2.63. The van der Waals surface area contributed by atoms with Crippen LogP contribution in [0.3, 0.4) is 0 Å². The molecule has 1 aliphatic carbocycles. The lowest BCUT2D eigenvalue weighted by Gasteiger charge is -2.24. The van der Waals surface area contributed by atoms with E-state index >= 15 is 0 Å². The number of likely N-dealkylation sites (tertiary alicyclic amines) is 1. The molecule has 1 nitrogen and oxygen atoms in total. The molecule has 0 bridgehead atoms. The Morgan fingerprint density at radius 2 is 1.62 bits per heavy atom. The zero-order valence-electron chi connectivity index (χ0n) is 7.53. The van der Waals surface area contributed by atoms with Crippen LogP contribution in [0.2, 0.25) is 0 Å². The highest BCUT2D eigenvalue weighted by molar-refractivity contribution is 5.01. The Balaban J connectivity index is 1.93. The molecule has 0 unspecified atom stereocenters. The molecule has 1 saturated heterocycles. The molecule has 0 radical (unpaired) electrons. The van der Waals surface area contributed by atoms with Crippen LogP contribution < -0.4 is 0 Å². The summed E-state index contributed by atoms with van der Waals surface area (Å²) in [4.78, 5) is 1.96. The molecule has 0 aromatic rings. The predicted octanol–water partition coefficient (Wildman–Crippen LogP) is 2.42. The van der Waals surface area contributed by atoms with E-state index in [1.54, 1.807) is 0 Å². The van der Waals surface area contributed by atoms with Crippen LogP contribution in [-0.2, 0) is 0 Å². The molecule has 0 aromatic carbocycles. The summed E-state index contributed by atoms with van der Waals surface area (Å²) < 4.78 is 37.6. The SMILES string of the molecule is FC(F)(F)C1(CN2CCCC2)CC1. The van der Waals surface area contributed by atoms with Gasteiger partial charge in [0.15, 0.2) is 0 Å². The second kappa shape index (κ2) is 2.87. The predicted molar refractivity (Wildman–Crippen MR) is 43.4 cm³/mol. The van der Waals surface area contributed by atoms with Crippen molar-refractivity contribution in [3.63, 3.8) is 0 Å². The molecule has 2 aliphatic rings. The molecule has 2 rings (SSSR count). The molecule has 0 aromatic heterocycles. The van der Waals surface area contributed by atoms with Crippen LogP contribution in [0.15, 0.2) is 0 Å². The Hall–Kier alpha value is -0.250. The molecule has 13 heavy (non-hydrogen) atoms. The minimum absolute atomic E-state index is 0.247. The van der Waals surface area contributed by atoms with Crippen LogP contribution in [0, 0.1) is 5.41 Å². The van der Waals surface area contributed by atoms with Crippen molar-refractivity contribution in [3.8, 4) is 0 Å². The average Bonchev–Trinajstić information content (AvgIpc) is 2.59. The van der Waals surface area contributed by atoms with Gasteiger partial charge in [0.05, 0.1) is 5.41 Å². The number of halogens is 3. The number of alkyl halides is 3. The first kappa shape index (κ1) is 9.31. The Morgan fingerprint density at radius 3 is 2.00 bits per heavy atom. The van der Waals surface area contributed by atoms with Crippen LogP contribution in [-0.4, -0.2) is 30.7 Å². The van der Waals surface area contributed by atoms with Crippen LogP contribution in [0.25, 0.3) is 0 Å². The van der Waals surface area contributed by atoms with Crippen molar-refractivity contribution >= 4 is 0 Å². The van der Waals surface area contributed by atoms with Gasteiger partial charge in [-0.05, 0) is 38.8 Å². The molecule has 76 valence electrons. The second-order valence-corrected chi connectivity index (χ2v) is 4.26. The van der Waals surface area contributed by atoms with Gasteiger partial charge in [0.2, 0.25) is 0 Å². The maximum absolute atomic E-state index is 12.5. The molecule has 0 atom stereocenters. The minimum Gasteiger partial charge on any atom is -0.302 e. The van der Waals surface area contributed by atoms with Crippen LogP contribution in [0.1, 0.15) is 25.7 Å². The van der Waals surface area contributed by atoms with Gasteiger partial charge in [-0.2, -0.15) is 13.2 Å². The van der Waals surface area contributed by atoms with Gasteiger partial charge in [0.25, 0.3) is 0 Å². The third-order valence-electron chi connectivity index (χ3n) is 3.18. The van der Waals surface area contributed by atoms with E-state index in [1.165, 1.54) is 0 Å². The van der Waals surface area contributed by atoms with E-state index in [0.717, 1.165) is 25.9 Å². The zero-order chi connectivity index (χ0) is 9.53. The molecule has 0 N–H and O–H groups in total. The van der Waals surface area contributed by atoms with Crippen molar-refractivity contribution in [2.45, 2.75) is 31.9 Å². The van der Waals surface area contributed by atoms with Crippen LogP contribution in [0.4, 0.5) is 13.2 Å².